The monoisotopic (exact) mass is 220 g/mol. The summed E-state index contributed by atoms with van der Waals surface area (Å²) in [4.78, 5) is 11.2. The van der Waals surface area contributed by atoms with E-state index in [4.69, 9.17) is 0 Å². The highest BCUT2D eigenvalue weighted by Gasteiger charge is 2.07. The highest BCUT2D eigenvalue weighted by atomic mass is 16.3. The molecule has 1 N–H and O–H groups in total. The number of aliphatic hydroxyl groups is 1. The molecule has 0 spiro atoms. The molecule has 0 aliphatic rings. The van der Waals surface area contributed by atoms with E-state index >= 15 is 0 Å². The van der Waals surface area contributed by atoms with Crippen LogP contribution < -0.4 is 0 Å². The Hall–Kier alpha value is -1.57. The topological polar surface area (TPSA) is 37.3 Å². The maximum Gasteiger partial charge on any atom is 0.156 e. The van der Waals surface area contributed by atoms with Gasteiger partial charge in [0.25, 0.3) is 0 Å². The van der Waals surface area contributed by atoms with Crippen LogP contribution in [0.15, 0.2) is 47.8 Å². The first kappa shape index (κ1) is 14.4. The molecule has 16 heavy (non-hydrogen) atoms. The number of ketones is 1. The summed E-state index contributed by atoms with van der Waals surface area (Å²) < 4.78 is 0. The largest absolute Gasteiger partial charge is 0.508 e. The second kappa shape index (κ2) is 6.11. The summed E-state index contributed by atoms with van der Waals surface area (Å²) in [5, 5.41) is 9.40. The summed E-state index contributed by atoms with van der Waals surface area (Å²) in [5.41, 5.74) is 1.91. The Labute approximate surface area is 97.7 Å². The first-order valence-corrected chi connectivity index (χ1v) is 5.24. The molecule has 0 saturated heterocycles. The average molecular weight is 220 g/mol. The van der Waals surface area contributed by atoms with Crippen molar-refractivity contribution in [2.45, 2.75) is 27.7 Å². The van der Waals surface area contributed by atoms with Crippen LogP contribution in [0.2, 0.25) is 0 Å². The molecule has 0 aromatic rings. The molecule has 0 aliphatic heterocycles. The van der Waals surface area contributed by atoms with Gasteiger partial charge in [0.1, 0.15) is 5.76 Å². The molecule has 88 valence electrons. The van der Waals surface area contributed by atoms with Crippen LogP contribution in [-0.4, -0.2) is 10.9 Å². The number of rotatable bonds is 5. The Balaban J connectivity index is 5.15. The zero-order chi connectivity index (χ0) is 12.9. The summed E-state index contributed by atoms with van der Waals surface area (Å²) in [6.07, 6.45) is 3.48. The van der Waals surface area contributed by atoms with Gasteiger partial charge in [-0.2, -0.15) is 0 Å². The van der Waals surface area contributed by atoms with Crippen molar-refractivity contribution >= 4 is 5.78 Å². The SMILES string of the molecule is C=C(O)C(/C=C/C(=C)C(C)C)=C(/C)C(C)=O. The third-order valence-corrected chi connectivity index (χ3v) is 2.45. The predicted molar refractivity (Wildman–Crippen MR) is 68.3 cm³/mol. The number of hydrogen-bond donors (Lipinski definition) is 1. The van der Waals surface area contributed by atoms with Crippen LogP contribution in [0.5, 0.6) is 0 Å². The first-order chi connectivity index (χ1) is 7.27. The van der Waals surface area contributed by atoms with Gasteiger partial charge < -0.3 is 5.11 Å². The molecule has 0 bridgehead atoms. The minimum atomic E-state index is -0.0968. The molecular weight excluding hydrogens is 200 g/mol. The predicted octanol–water partition coefficient (Wildman–Crippen LogP) is 3.73. The van der Waals surface area contributed by atoms with E-state index in [1.807, 2.05) is 13.8 Å². The second-order valence-corrected chi connectivity index (χ2v) is 4.10. The molecule has 0 radical (unpaired) electrons. The highest BCUT2D eigenvalue weighted by molar-refractivity contribution is 5.94. The van der Waals surface area contributed by atoms with E-state index in [2.05, 4.69) is 13.2 Å². The molecule has 0 unspecified atom stereocenters. The van der Waals surface area contributed by atoms with Gasteiger partial charge in [0, 0.05) is 11.1 Å². The molecule has 0 saturated carbocycles. The van der Waals surface area contributed by atoms with Gasteiger partial charge in [0.05, 0.1) is 0 Å². The molecule has 0 aromatic carbocycles. The van der Waals surface area contributed by atoms with E-state index in [0.717, 1.165) is 5.57 Å². The lowest BCUT2D eigenvalue weighted by atomic mass is 10.0. The van der Waals surface area contributed by atoms with Crippen molar-refractivity contribution in [3.8, 4) is 0 Å². The minimum absolute atomic E-state index is 0.0787. The Morgan fingerprint density at radius 1 is 1.19 bits per heavy atom. The maximum atomic E-state index is 11.2. The number of carbonyl (C=O) groups excluding carboxylic acids is 1. The Kier molecular flexibility index (Phi) is 5.51. The fourth-order valence-electron chi connectivity index (χ4n) is 1.01. The summed E-state index contributed by atoms with van der Waals surface area (Å²) >= 11 is 0. The lowest BCUT2D eigenvalue weighted by Crippen LogP contribution is -1.98. The van der Waals surface area contributed by atoms with Gasteiger partial charge in [0.15, 0.2) is 5.78 Å². The van der Waals surface area contributed by atoms with E-state index in [1.165, 1.54) is 6.92 Å². The van der Waals surface area contributed by atoms with Crippen molar-refractivity contribution in [1.29, 1.82) is 0 Å². The normalized spacial score (nSPS) is 12.8. The van der Waals surface area contributed by atoms with E-state index in [-0.39, 0.29) is 11.5 Å². The molecule has 0 atom stereocenters. The van der Waals surface area contributed by atoms with Crippen LogP contribution in [0.4, 0.5) is 0 Å². The third kappa shape index (κ3) is 4.30. The van der Waals surface area contributed by atoms with Crippen LogP contribution >= 0.6 is 0 Å². The zero-order valence-electron chi connectivity index (χ0n) is 10.5. The van der Waals surface area contributed by atoms with E-state index < -0.39 is 0 Å². The average Bonchev–Trinajstić information content (AvgIpc) is 2.16. The van der Waals surface area contributed by atoms with Crippen molar-refractivity contribution in [3.63, 3.8) is 0 Å². The minimum Gasteiger partial charge on any atom is -0.508 e. The molecule has 0 amide bonds. The molecule has 0 aliphatic carbocycles. The summed E-state index contributed by atoms with van der Waals surface area (Å²) in [6, 6.07) is 0. The smallest absolute Gasteiger partial charge is 0.156 e. The second-order valence-electron chi connectivity index (χ2n) is 4.10. The Morgan fingerprint density at radius 2 is 1.69 bits per heavy atom. The summed E-state index contributed by atoms with van der Waals surface area (Å²) in [7, 11) is 0. The van der Waals surface area contributed by atoms with Gasteiger partial charge in [0.2, 0.25) is 0 Å². The van der Waals surface area contributed by atoms with E-state index in [9.17, 15) is 9.90 Å². The van der Waals surface area contributed by atoms with E-state index in [1.54, 1.807) is 19.1 Å². The fourth-order valence-corrected chi connectivity index (χ4v) is 1.01. The van der Waals surface area contributed by atoms with Gasteiger partial charge in [-0.3, -0.25) is 4.79 Å². The van der Waals surface area contributed by atoms with Crippen LogP contribution in [0.3, 0.4) is 0 Å². The number of allylic oxidation sites excluding steroid dienone is 4. The zero-order valence-corrected chi connectivity index (χ0v) is 10.5. The van der Waals surface area contributed by atoms with Gasteiger partial charge in [-0.15, -0.1) is 0 Å². The van der Waals surface area contributed by atoms with Crippen LogP contribution in [0.1, 0.15) is 27.7 Å². The van der Waals surface area contributed by atoms with Crippen molar-refractivity contribution in [2.24, 2.45) is 5.92 Å². The van der Waals surface area contributed by atoms with Gasteiger partial charge in [-0.25, -0.2) is 0 Å². The molecule has 2 heteroatoms. The highest BCUT2D eigenvalue weighted by Crippen LogP contribution is 2.16. The van der Waals surface area contributed by atoms with Crippen molar-refractivity contribution in [3.05, 3.63) is 47.8 Å². The van der Waals surface area contributed by atoms with Crippen molar-refractivity contribution in [1.82, 2.24) is 0 Å². The quantitative estimate of drug-likeness (QED) is 0.435. The lowest BCUT2D eigenvalue weighted by molar-refractivity contribution is -0.113. The van der Waals surface area contributed by atoms with Crippen molar-refractivity contribution in [2.75, 3.05) is 0 Å². The van der Waals surface area contributed by atoms with Gasteiger partial charge in [-0.1, -0.05) is 44.7 Å². The van der Waals surface area contributed by atoms with Gasteiger partial charge >= 0.3 is 0 Å². The number of carbonyl (C=O) groups is 1. The Bertz CT molecular complexity index is 368. The number of hydrogen-bond acceptors (Lipinski definition) is 2. The first-order valence-electron chi connectivity index (χ1n) is 5.24. The number of Topliss-reactive ketones (excluding diaryl/α,β-unsaturated/α-hetero) is 1. The maximum absolute atomic E-state index is 11.2. The van der Waals surface area contributed by atoms with Crippen LogP contribution in [0, 0.1) is 5.92 Å². The lowest BCUT2D eigenvalue weighted by Gasteiger charge is -2.06. The standard InChI is InChI=1S/C14H20O2/c1-9(2)10(3)7-8-14(13(6)16)11(4)12(5)15/h7-9,16H,3,6H2,1-2,4-5H3/b8-7+,14-11-. The summed E-state index contributed by atoms with van der Waals surface area (Å²) in [5.74, 6) is 0.160. The molecule has 2 nitrogen and oxygen atoms in total. The third-order valence-electron chi connectivity index (χ3n) is 2.45. The molecule has 0 fully saturated rings. The molecule has 0 heterocycles. The summed E-state index contributed by atoms with van der Waals surface area (Å²) in [6.45, 7) is 14.5. The Morgan fingerprint density at radius 3 is 2.00 bits per heavy atom. The van der Waals surface area contributed by atoms with Crippen molar-refractivity contribution < 1.29 is 9.90 Å². The molecule has 0 rings (SSSR count). The fraction of sp³-hybridized carbons (Fsp3) is 0.357. The molecule has 0 aromatic heterocycles. The van der Waals surface area contributed by atoms with Gasteiger partial charge in [-0.05, 0) is 19.8 Å². The van der Waals surface area contributed by atoms with Crippen LogP contribution in [-0.2, 0) is 4.79 Å². The molecular formula is C14H20O2. The number of aliphatic hydroxyl groups excluding tert-OH is 1. The van der Waals surface area contributed by atoms with E-state index in [0.29, 0.717) is 17.1 Å². The van der Waals surface area contributed by atoms with Crippen LogP contribution in [0.25, 0.3) is 0 Å².